The second kappa shape index (κ2) is 6.49. The number of carbonyl (C=O) groups is 2. The van der Waals surface area contributed by atoms with Gasteiger partial charge in [0, 0.05) is 6.42 Å². The molecule has 1 rings (SSSR count). The Morgan fingerprint density at radius 2 is 1.73 bits per heavy atom. The van der Waals surface area contributed by atoms with E-state index < -0.39 is 54.5 Å². The van der Waals surface area contributed by atoms with Crippen LogP contribution in [0.1, 0.15) is 13.3 Å². The number of alkyl halides is 7. The van der Waals surface area contributed by atoms with Gasteiger partial charge in [-0.05, 0) is 6.92 Å². The zero-order chi connectivity index (χ0) is 17.3. The Balaban J connectivity index is 2.88. The minimum atomic E-state index is -5.34. The summed E-state index contributed by atoms with van der Waals surface area (Å²) in [5.74, 6) is -4.99. The van der Waals surface area contributed by atoms with Crippen LogP contribution in [0.25, 0.3) is 0 Å². The van der Waals surface area contributed by atoms with E-state index in [1.54, 1.807) is 0 Å². The Labute approximate surface area is 124 Å². The molecule has 5 nitrogen and oxygen atoms in total. The lowest BCUT2D eigenvalue weighted by atomic mass is 10.00. The Kier molecular flexibility index (Phi) is 5.55. The van der Waals surface area contributed by atoms with E-state index in [4.69, 9.17) is 16.3 Å². The highest BCUT2D eigenvalue weighted by Gasteiger charge is 2.48. The van der Waals surface area contributed by atoms with E-state index >= 15 is 0 Å². The highest BCUT2D eigenvalue weighted by molar-refractivity contribution is 6.19. The number of ether oxygens (including phenoxy) is 2. The molecule has 4 atom stereocenters. The molecule has 1 aliphatic rings. The number of carbonyl (C=O) groups excluding carboxylic acids is 2. The van der Waals surface area contributed by atoms with Crippen LogP contribution in [0.3, 0.4) is 0 Å². The Hall–Kier alpha value is -1.23. The van der Waals surface area contributed by atoms with Gasteiger partial charge in [-0.15, -0.1) is 0 Å². The lowest BCUT2D eigenvalue weighted by Crippen LogP contribution is -2.58. The van der Waals surface area contributed by atoms with Crippen molar-refractivity contribution < 1.29 is 45.4 Å². The summed E-state index contributed by atoms with van der Waals surface area (Å²) in [5.41, 5.74) is -1.16. The molecule has 1 N–H and O–H groups in total. The average molecular weight is 358 g/mol. The molecule has 0 radical (unpaired) electrons. The molecular formula is C10H10ClF6NO4. The van der Waals surface area contributed by atoms with Crippen molar-refractivity contribution in [3.05, 3.63) is 0 Å². The summed E-state index contributed by atoms with van der Waals surface area (Å²) in [6.07, 6.45) is -14.1. The van der Waals surface area contributed by atoms with Crippen molar-refractivity contribution in [1.82, 2.24) is 5.32 Å². The lowest BCUT2D eigenvalue weighted by Gasteiger charge is -2.38. The van der Waals surface area contributed by atoms with Crippen LogP contribution in [0.15, 0.2) is 0 Å². The van der Waals surface area contributed by atoms with Gasteiger partial charge >= 0.3 is 24.2 Å². The van der Waals surface area contributed by atoms with Crippen LogP contribution in [0.5, 0.6) is 0 Å². The van der Waals surface area contributed by atoms with Crippen molar-refractivity contribution in [2.24, 2.45) is 0 Å². The van der Waals surface area contributed by atoms with Gasteiger partial charge in [-0.25, -0.2) is 4.79 Å². The van der Waals surface area contributed by atoms with Crippen molar-refractivity contribution in [2.75, 3.05) is 0 Å². The third-order valence-corrected chi connectivity index (χ3v) is 2.99. The molecule has 12 heteroatoms. The lowest BCUT2D eigenvalue weighted by molar-refractivity contribution is -0.217. The zero-order valence-electron chi connectivity index (χ0n) is 10.8. The smallest absolute Gasteiger partial charge is 0.451 e. The molecule has 0 bridgehead atoms. The van der Waals surface area contributed by atoms with E-state index in [0.717, 1.165) is 6.92 Å². The normalized spacial score (nSPS) is 29.8. The first-order valence-corrected chi connectivity index (χ1v) is 6.21. The zero-order valence-corrected chi connectivity index (χ0v) is 11.6. The minimum absolute atomic E-state index is 0.469. The van der Waals surface area contributed by atoms with Gasteiger partial charge in [0.05, 0.1) is 12.1 Å². The molecule has 1 fully saturated rings. The Bertz CT molecular complexity index is 440. The van der Waals surface area contributed by atoms with Crippen LogP contribution in [-0.4, -0.2) is 48.0 Å². The molecule has 0 aliphatic carbocycles. The van der Waals surface area contributed by atoms with E-state index in [0.29, 0.717) is 0 Å². The average Bonchev–Trinajstić information content (AvgIpc) is 2.30. The van der Waals surface area contributed by atoms with E-state index in [-0.39, 0.29) is 0 Å². The minimum Gasteiger partial charge on any atom is -0.451 e. The monoisotopic (exact) mass is 357 g/mol. The summed E-state index contributed by atoms with van der Waals surface area (Å²) in [7, 11) is 0. The summed E-state index contributed by atoms with van der Waals surface area (Å²) in [4.78, 5) is 21.7. The number of halogens is 7. The molecule has 22 heavy (non-hydrogen) atoms. The molecule has 0 saturated carbocycles. The molecule has 1 amide bonds. The van der Waals surface area contributed by atoms with Gasteiger partial charge in [-0.2, -0.15) is 26.3 Å². The standard InChI is InChI=1S/C10H10ClF6NO4/c1-3-6(22-8(20)10(15,16)17)4(2-5(11)21-3)18-7(19)9(12,13)14/h3-6H,2H2,1H3,(H,18,19)/t3-,4-,5?,6+/m0/s1. The number of hydrogen-bond donors (Lipinski definition) is 1. The van der Waals surface area contributed by atoms with E-state index in [9.17, 15) is 35.9 Å². The van der Waals surface area contributed by atoms with Crippen molar-refractivity contribution >= 4 is 23.5 Å². The van der Waals surface area contributed by atoms with Gasteiger partial charge < -0.3 is 14.8 Å². The summed E-state index contributed by atoms with van der Waals surface area (Å²) < 4.78 is 82.2. The first kappa shape index (κ1) is 18.8. The highest BCUT2D eigenvalue weighted by atomic mass is 35.5. The van der Waals surface area contributed by atoms with Crippen LogP contribution in [0, 0.1) is 0 Å². The van der Waals surface area contributed by atoms with E-state index in [1.165, 1.54) is 5.32 Å². The second-order valence-corrected chi connectivity index (χ2v) is 4.92. The maximum atomic E-state index is 12.2. The third kappa shape index (κ3) is 4.90. The quantitative estimate of drug-likeness (QED) is 0.465. The van der Waals surface area contributed by atoms with Crippen LogP contribution in [0.4, 0.5) is 26.3 Å². The molecule has 1 saturated heterocycles. The molecule has 0 aromatic rings. The number of amides is 1. The Morgan fingerprint density at radius 1 is 1.18 bits per heavy atom. The van der Waals surface area contributed by atoms with E-state index in [2.05, 4.69) is 4.74 Å². The SMILES string of the molecule is C[C@@H]1OC(Cl)C[C@H](NC(=O)C(F)(F)F)[C@@H]1OC(=O)C(F)(F)F. The molecule has 1 unspecified atom stereocenters. The number of rotatable bonds is 2. The van der Waals surface area contributed by atoms with Crippen LogP contribution in [0.2, 0.25) is 0 Å². The summed E-state index contributed by atoms with van der Waals surface area (Å²) >= 11 is 5.58. The second-order valence-electron chi connectivity index (χ2n) is 4.43. The topological polar surface area (TPSA) is 64.6 Å². The van der Waals surface area contributed by atoms with Crippen LogP contribution < -0.4 is 5.32 Å². The molecular weight excluding hydrogens is 348 g/mol. The predicted molar refractivity (Wildman–Crippen MR) is 58.7 cm³/mol. The fourth-order valence-electron chi connectivity index (χ4n) is 1.79. The fraction of sp³-hybridized carbons (Fsp3) is 0.800. The van der Waals surface area contributed by atoms with Crippen LogP contribution in [-0.2, 0) is 19.1 Å². The van der Waals surface area contributed by atoms with Gasteiger partial charge in [-0.1, -0.05) is 11.6 Å². The van der Waals surface area contributed by atoms with Crippen molar-refractivity contribution in [2.45, 2.75) is 49.5 Å². The van der Waals surface area contributed by atoms with Gasteiger partial charge in [0.25, 0.3) is 0 Å². The first-order valence-electron chi connectivity index (χ1n) is 5.77. The number of esters is 1. The van der Waals surface area contributed by atoms with Crippen molar-refractivity contribution in [3.8, 4) is 0 Å². The first-order chi connectivity index (χ1) is 9.82. The maximum absolute atomic E-state index is 12.2. The highest BCUT2D eigenvalue weighted by Crippen LogP contribution is 2.28. The van der Waals surface area contributed by atoms with Gasteiger partial charge in [0.2, 0.25) is 0 Å². The van der Waals surface area contributed by atoms with E-state index in [1.807, 2.05) is 0 Å². The van der Waals surface area contributed by atoms with Gasteiger partial charge in [-0.3, -0.25) is 4.79 Å². The summed E-state index contributed by atoms with van der Waals surface area (Å²) in [6, 6.07) is -1.58. The van der Waals surface area contributed by atoms with Crippen molar-refractivity contribution in [3.63, 3.8) is 0 Å². The summed E-state index contributed by atoms with van der Waals surface area (Å²) in [5, 5.41) is 1.45. The maximum Gasteiger partial charge on any atom is 0.490 e. The molecule has 1 heterocycles. The number of hydrogen-bond acceptors (Lipinski definition) is 4. The summed E-state index contributed by atoms with van der Waals surface area (Å²) in [6.45, 7) is 1.15. The Morgan fingerprint density at radius 3 is 2.18 bits per heavy atom. The molecule has 0 aromatic carbocycles. The third-order valence-electron chi connectivity index (χ3n) is 2.71. The fourth-order valence-corrected chi connectivity index (χ4v) is 2.14. The largest absolute Gasteiger partial charge is 0.490 e. The predicted octanol–water partition coefficient (Wildman–Crippen LogP) is 1.88. The van der Waals surface area contributed by atoms with Gasteiger partial charge in [0.15, 0.2) is 0 Å². The molecule has 0 aromatic heterocycles. The van der Waals surface area contributed by atoms with Gasteiger partial charge in [0.1, 0.15) is 11.7 Å². The van der Waals surface area contributed by atoms with Crippen molar-refractivity contribution in [1.29, 1.82) is 0 Å². The molecule has 0 spiro atoms. The van der Waals surface area contributed by atoms with Crippen LogP contribution >= 0.6 is 11.6 Å². The molecule has 128 valence electrons. The molecule has 1 aliphatic heterocycles. The number of nitrogens with one attached hydrogen (secondary N) is 1.